The summed E-state index contributed by atoms with van der Waals surface area (Å²) in [6.07, 6.45) is 0. The quantitative estimate of drug-likeness (QED) is 0.397. The molecule has 2 aromatic rings. The Balaban J connectivity index is 1.72. The molecular weight excluding hydrogens is 467 g/mol. The number of ketones is 1. The third kappa shape index (κ3) is 4.56. The molecule has 0 spiro atoms. The van der Waals surface area contributed by atoms with E-state index in [1.165, 1.54) is 17.0 Å². The molecule has 0 unspecified atom stereocenters. The minimum atomic E-state index is -0.787. The Morgan fingerprint density at radius 3 is 2.32 bits per heavy atom. The lowest BCUT2D eigenvalue weighted by Gasteiger charge is -2.31. The van der Waals surface area contributed by atoms with E-state index in [1.807, 2.05) is 0 Å². The molecule has 6 nitrogen and oxygen atoms in total. The number of aliphatic hydroxyl groups is 1. The highest BCUT2D eigenvalue weighted by atomic mass is 79.9. The van der Waals surface area contributed by atoms with Gasteiger partial charge in [0.1, 0.15) is 11.6 Å². The van der Waals surface area contributed by atoms with Crippen LogP contribution in [0, 0.1) is 5.82 Å². The van der Waals surface area contributed by atoms with Crippen LogP contribution in [-0.4, -0.2) is 66.0 Å². The van der Waals surface area contributed by atoms with Crippen LogP contribution in [0.2, 0.25) is 0 Å². The number of rotatable bonds is 5. The van der Waals surface area contributed by atoms with Crippen LogP contribution in [-0.2, 0) is 14.3 Å². The summed E-state index contributed by atoms with van der Waals surface area (Å²) in [6, 6.07) is 11.7. The van der Waals surface area contributed by atoms with Gasteiger partial charge in [-0.25, -0.2) is 4.39 Å². The number of ether oxygens (including phenoxy) is 1. The first-order chi connectivity index (χ1) is 15.0. The van der Waals surface area contributed by atoms with Crippen molar-refractivity contribution in [3.05, 3.63) is 75.5 Å². The van der Waals surface area contributed by atoms with Crippen molar-refractivity contribution in [3.8, 4) is 0 Å². The van der Waals surface area contributed by atoms with Gasteiger partial charge in [0.2, 0.25) is 0 Å². The van der Waals surface area contributed by atoms with Gasteiger partial charge in [0.15, 0.2) is 0 Å². The zero-order valence-corrected chi connectivity index (χ0v) is 18.3. The molecule has 0 radical (unpaired) electrons. The minimum Gasteiger partial charge on any atom is -0.507 e. The average Bonchev–Trinajstić information content (AvgIpc) is 3.04. The summed E-state index contributed by atoms with van der Waals surface area (Å²) in [5.74, 6) is -2.06. The lowest BCUT2D eigenvalue weighted by molar-refractivity contribution is -0.140. The predicted octanol–water partition coefficient (Wildman–Crippen LogP) is 3.34. The van der Waals surface area contributed by atoms with Crippen LogP contribution >= 0.6 is 15.9 Å². The number of carbonyl (C=O) groups is 2. The Kier molecular flexibility index (Phi) is 6.50. The van der Waals surface area contributed by atoms with E-state index in [2.05, 4.69) is 20.8 Å². The van der Waals surface area contributed by atoms with E-state index in [-0.39, 0.29) is 11.3 Å². The summed E-state index contributed by atoms with van der Waals surface area (Å²) in [5, 5.41) is 11.0. The Morgan fingerprint density at radius 2 is 1.68 bits per heavy atom. The highest BCUT2D eigenvalue weighted by Gasteiger charge is 2.46. The molecule has 2 fully saturated rings. The van der Waals surface area contributed by atoms with E-state index in [0.717, 1.165) is 17.6 Å². The van der Waals surface area contributed by atoms with Crippen LogP contribution in [0.1, 0.15) is 17.2 Å². The third-order valence-corrected chi connectivity index (χ3v) is 6.13. The lowest BCUT2D eigenvalue weighted by Crippen LogP contribution is -2.42. The highest BCUT2D eigenvalue weighted by molar-refractivity contribution is 9.10. The van der Waals surface area contributed by atoms with E-state index in [1.54, 1.807) is 36.4 Å². The highest BCUT2D eigenvalue weighted by Crippen LogP contribution is 2.39. The second kappa shape index (κ2) is 9.30. The largest absolute Gasteiger partial charge is 0.507 e. The number of likely N-dealkylation sites (tertiary alicyclic amines) is 1. The number of hydrogen-bond donors (Lipinski definition) is 1. The smallest absolute Gasteiger partial charge is 0.295 e. The topological polar surface area (TPSA) is 70.1 Å². The first-order valence-electron chi connectivity index (χ1n) is 10.1. The van der Waals surface area contributed by atoms with Gasteiger partial charge in [-0.15, -0.1) is 0 Å². The fourth-order valence-corrected chi connectivity index (χ4v) is 4.20. The fraction of sp³-hybridized carbons (Fsp3) is 0.304. The molecule has 8 heteroatoms. The number of benzene rings is 2. The SMILES string of the molecule is O=C1C(=O)N(CCN2CCOCC2)[C@@H](c2ccc(F)cc2)/C1=C(\O)c1ccc(Br)cc1. The molecule has 0 aliphatic carbocycles. The number of carbonyl (C=O) groups excluding carboxylic acids is 2. The molecule has 2 saturated heterocycles. The number of morpholine rings is 1. The molecule has 2 aromatic carbocycles. The molecule has 1 amide bonds. The van der Waals surface area contributed by atoms with Crippen molar-refractivity contribution in [2.75, 3.05) is 39.4 Å². The third-order valence-electron chi connectivity index (χ3n) is 5.60. The normalized spacial score (nSPS) is 21.6. The molecule has 2 aliphatic rings. The molecule has 31 heavy (non-hydrogen) atoms. The molecule has 2 aliphatic heterocycles. The second-order valence-corrected chi connectivity index (χ2v) is 8.42. The molecule has 162 valence electrons. The summed E-state index contributed by atoms with van der Waals surface area (Å²) in [7, 11) is 0. The van der Waals surface area contributed by atoms with E-state index in [9.17, 15) is 19.1 Å². The van der Waals surface area contributed by atoms with Gasteiger partial charge < -0.3 is 14.7 Å². The Morgan fingerprint density at radius 1 is 1.03 bits per heavy atom. The predicted molar refractivity (Wildman–Crippen MR) is 117 cm³/mol. The minimum absolute atomic E-state index is 0.0147. The summed E-state index contributed by atoms with van der Waals surface area (Å²) < 4.78 is 19.7. The number of Topliss-reactive ketones (excluding diaryl/α,β-unsaturated/α-hetero) is 1. The maximum atomic E-state index is 13.5. The second-order valence-electron chi connectivity index (χ2n) is 7.50. The Hall–Kier alpha value is -2.55. The fourth-order valence-electron chi connectivity index (χ4n) is 3.94. The summed E-state index contributed by atoms with van der Waals surface area (Å²) in [6.45, 7) is 3.65. The van der Waals surface area contributed by atoms with E-state index >= 15 is 0 Å². The van der Waals surface area contributed by atoms with Gasteiger partial charge in [-0.3, -0.25) is 14.5 Å². The van der Waals surface area contributed by atoms with Crippen molar-refractivity contribution in [1.29, 1.82) is 0 Å². The van der Waals surface area contributed by atoms with Crippen LogP contribution in [0.3, 0.4) is 0 Å². The van der Waals surface area contributed by atoms with Crippen molar-refractivity contribution in [1.82, 2.24) is 9.80 Å². The molecule has 0 saturated carbocycles. The van der Waals surface area contributed by atoms with Gasteiger partial charge in [-0.05, 0) is 29.8 Å². The standard InChI is InChI=1S/C23H22BrFN2O4/c24-17-5-1-16(2-6-17)21(28)19-20(15-3-7-18(25)8-4-15)27(23(30)22(19)29)10-9-26-11-13-31-14-12-26/h1-8,20,28H,9-14H2/b21-19+/t20-/m0/s1. The first kappa shape index (κ1) is 21.7. The van der Waals surface area contributed by atoms with Gasteiger partial charge >= 0.3 is 0 Å². The van der Waals surface area contributed by atoms with Crippen molar-refractivity contribution < 1.29 is 23.8 Å². The number of halogens is 2. The van der Waals surface area contributed by atoms with Gasteiger partial charge in [0.25, 0.3) is 11.7 Å². The van der Waals surface area contributed by atoms with Crippen molar-refractivity contribution in [2.24, 2.45) is 0 Å². The number of aliphatic hydroxyl groups excluding tert-OH is 1. The van der Waals surface area contributed by atoms with E-state index < -0.39 is 23.5 Å². The van der Waals surface area contributed by atoms with Gasteiger partial charge in [-0.1, -0.05) is 40.2 Å². The summed E-state index contributed by atoms with van der Waals surface area (Å²) in [4.78, 5) is 29.5. The zero-order chi connectivity index (χ0) is 22.0. The molecule has 0 aromatic heterocycles. The van der Waals surface area contributed by atoms with E-state index in [0.29, 0.717) is 37.4 Å². The van der Waals surface area contributed by atoms with E-state index in [4.69, 9.17) is 4.74 Å². The Bertz CT molecular complexity index is 1000. The maximum absolute atomic E-state index is 13.5. The molecule has 0 bridgehead atoms. The monoisotopic (exact) mass is 488 g/mol. The Labute approximate surface area is 188 Å². The van der Waals surface area contributed by atoms with Gasteiger partial charge in [0.05, 0.1) is 24.8 Å². The number of nitrogens with zero attached hydrogens (tertiary/aromatic N) is 2. The van der Waals surface area contributed by atoms with Crippen LogP contribution in [0.5, 0.6) is 0 Å². The van der Waals surface area contributed by atoms with Crippen LogP contribution in [0.4, 0.5) is 4.39 Å². The maximum Gasteiger partial charge on any atom is 0.295 e. The number of amides is 1. The molecule has 1 N–H and O–H groups in total. The zero-order valence-electron chi connectivity index (χ0n) is 16.8. The molecular formula is C23H22BrFN2O4. The van der Waals surface area contributed by atoms with Gasteiger partial charge in [-0.2, -0.15) is 0 Å². The van der Waals surface area contributed by atoms with Gasteiger partial charge in [0, 0.05) is 36.2 Å². The van der Waals surface area contributed by atoms with Crippen molar-refractivity contribution in [2.45, 2.75) is 6.04 Å². The molecule has 1 atom stereocenters. The summed E-state index contributed by atoms with van der Waals surface area (Å²) >= 11 is 3.35. The van der Waals surface area contributed by atoms with Crippen LogP contribution in [0.25, 0.3) is 5.76 Å². The van der Waals surface area contributed by atoms with Crippen LogP contribution in [0.15, 0.2) is 58.6 Å². The average molecular weight is 489 g/mol. The summed E-state index contributed by atoms with van der Waals surface area (Å²) in [5.41, 5.74) is 1.02. The van der Waals surface area contributed by atoms with Crippen molar-refractivity contribution >= 4 is 33.4 Å². The lowest BCUT2D eigenvalue weighted by atomic mass is 9.95. The first-order valence-corrected chi connectivity index (χ1v) is 10.8. The molecule has 4 rings (SSSR count). The van der Waals surface area contributed by atoms with Crippen molar-refractivity contribution in [3.63, 3.8) is 0 Å². The number of hydrogen-bond acceptors (Lipinski definition) is 5. The molecule has 2 heterocycles. The van der Waals surface area contributed by atoms with Crippen LogP contribution < -0.4 is 0 Å².